The molecule has 0 bridgehead atoms. The third kappa shape index (κ3) is 6.26. The maximum Gasteiger partial charge on any atom is 0.405 e. The molecule has 0 aliphatic rings. The summed E-state index contributed by atoms with van der Waals surface area (Å²) in [7, 11) is -2.33. The Hall–Kier alpha value is -2.59. The quantitative estimate of drug-likeness (QED) is 0.745. The van der Waals surface area contributed by atoms with Gasteiger partial charge in [0.15, 0.2) is 0 Å². The predicted molar refractivity (Wildman–Crippen MR) is 91.8 cm³/mol. The molecule has 0 radical (unpaired) electrons. The van der Waals surface area contributed by atoms with Crippen LogP contribution in [0.15, 0.2) is 53.4 Å². The normalized spacial score (nSPS) is 11.9. The van der Waals surface area contributed by atoms with Crippen molar-refractivity contribution >= 4 is 15.9 Å². The number of methoxy groups -OCH3 is 1. The van der Waals surface area contributed by atoms with E-state index in [1.807, 2.05) is 0 Å². The first-order valence-corrected chi connectivity index (χ1v) is 9.17. The molecule has 0 heterocycles. The van der Waals surface area contributed by atoms with Crippen molar-refractivity contribution < 1.29 is 31.1 Å². The molecule has 10 heteroatoms. The minimum atomic E-state index is -4.52. The Morgan fingerprint density at radius 1 is 1.04 bits per heavy atom. The van der Waals surface area contributed by atoms with Crippen molar-refractivity contribution in [2.75, 3.05) is 13.7 Å². The zero-order chi connectivity index (χ0) is 20.1. The van der Waals surface area contributed by atoms with E-state index in [0.717, 1.165) is 24.3 Å². The first-order chi connectivity index (χ1) is 12.6. The van der Waals surface area contributed by atoms with Crippen LogP contribution in [0.25, 0.3) is 0 Å². The lowest BCUT2D eigenvalue weighted by molar-refractivity contribution is -0.123. The van der Waals surface area contributed by atoms with Gasteiger partial charge in [-0.3, -0.25) is 4.79 Å². The Morgan fingerprint density at radius 2 is 1.63 bits per heavy atom. The summed E-state index contributed by atoms with van der Waals surface area (Å²) in [6.07, 6.45) is -4.52. The molecule has 0 unspecified atom stereocenters. The molecule has 0 aromatic heterocycles. The molecule has 0 aliphatic carbocycles. The van der Waals surface area contributed by atoms with Gasteiger partial charge in [-0.15, -0.1) is 0 Å². The molecular formula is C17H17F3N2O4S. The van der Waals surface area contributed by atoms with E-state index in [4.69, 9.17) is 4.74 Å². The standard InChI is InChI=1S/C17H17F3N2O4S/c1-26-14-6-2-12(3-7-14)10-22-27(24,25)15-8-4-13(5-9-15)16(23)21-11-17(18,19)20/h2-9,22H,10-11H2,1H3,(H,21,23). The second-order valence-electron chi connectivity index (χ2n) is 5.49. The van der Waals surface area contributed by atoms with Gasteiger partial charge in [0.25, 0.3) is 5.91 Å². The number of nitrogens with one attached hydrogen (secondary N) is 2. The Balaban J connectivity index is 2.00. The number of hydrogen-bond donors (Lipinski definition) is 2. The summed E-state index contributed by atoms with van der Waals surface area (Å²) in [6.45, 7) is -1.42. The van der Waals surface area contributed by atoms with E-state index in [9.17, 15) is 26.4 Å². The van der Waals surface area contributed by atoms with Gasteiger partial charge in [-0.25, -0.2) is 13.1 Å². The molecule has 2 aromatic carbocycles. The molecule has 0 aliphatic heterocycles. The van der Waals surface area contributed by atoms with Crippen LogP contribution in [0.3, 0.4) is 0 Å². The second kappa shape index (κ2) is 8.40. The number of carbonyl (C=O) groups excluding carboxylic acids is 1. The van der Waals surface area contributed by atoms with E-state index >= 15 is 0 Å². The van der Waals surface area contributed by atoms with Gasteiger partial charge in [0.05, 0.1) is 12.0 Å². The molecule has 6 nitrogen and oxygen atoms in total. The zero-order valence-corrected chi connectivity index (χ0v) is 15.0. The number of carbonyl (C=O) groups is 1. The third-order valence-corrected chi connectivity index (χ3v) is 4.92. The molecule has 0 spiro atoms. The summed E-state index contributed by atoms with van der Waals surface area (Å²) in [5.74, 6) is -0.302. The molecule has 0 saturated carbocycles. The fourth-order valence-electron chi connectivity index (χ4n) is 2.07. The Labute approximate surface area is 154 Å². The molecule has 0 saturated heterocycles. The number of amides is 1. The number of benzene rings is 2. The van der Waals surface area contributed by atoms with Crippen LogP contribution in [0, 0.1) is 0 Å². The fourth-order valence-corrected chi connectivity index (χ4v) is 3.09. The van der Waals surface area contributed by atoms with Crippen molar-refractivity contribution in [3.05, 3.63) is 59.7 Å². The van der Waals surface area contributed by atoms with Crippen LogP contribution in [0.1, 0.15) is 15.9 Å². The van der Waals surface area contributed by atoms with Crippen molar-refractivity contribution in [2.24, 2.45) is 0 Å². The van der Waals surface area contributed by atoms with Gasteiger partial charge in [-0.05, 0) is 42.0 Å². The van der Waals surface area contributed by atoms with Gasteiger partial charge in [0.1, 0.15) is 12.3 Å². The molecule has 0 atom stereocenters. The third-order valence-electron chi connectivity index (χ3n) is 3.50. The van der Waals surface area contributed by atoms with Gasteiger partial charge in [0, 0.05) is 12.1 Å². The minimum absolute atomic E-state index is 0.0418. The largest absolute Gasteiger partial charge is 0.497 e. The molecule has 1 amide bonds. The van der Waals surface area contributed by atoms with Crippen molar-refractivity contribution in [2.45, 2.75) is 17.6 Å². The maximum absolute atomic E-state index is 12.3. The van der Waals surface area contributed by atoms with Crippen molar-refractivity contribution in [1.82, 2.24) is 10.0 Å². The number of rotatable bonds is 7. The maximum atomic E-state index is 12.3. The van der Waals surface area contributed by atoms with E-state index in [0.29, 0.717) is 11.3 Å². The summed E-state index contributed by atoms with van der Waals surface area (Å²) < 4.78 is 68.3. The number of ether oxygens (including phenoxy) is 1. The van der Waals surface area contributed by atoms with Crippen molar-refractivity contribution in [3.63, 3.8) is 0 Å². The second-order valence-corrected chi connectivity index (χ2v) is 7.26. The van der Waals surface area contributed by atoms with Crippen molar-refractivity contribution in [3.8, 4) is 5.75 Å². The van der Waals surface area contributed by atoms with Crippen LogP contribution >= 0.6 is 0 Å². The Bertz CT molecular complexity index is 880. The summed E-state index contributed by atoms with van der Waals surface area (Å²) >= 11 is 0. The molecule has 2 rings (SSSR count). The number of alkyl halides is 3. The van der Waals surface area contributed by atoms with Gasteiger partial charge in [0.2, 0.25) is 10.0 Å². The van der Waals surface area contributed by atoms with Crippen LogP contribution in [-0.2, 0) is 16.6 Å². The van der Waals surface area contributed by atoms with E-state index in [1.165, 1.54) is 7.11 Å². The Kier molecular flexibility index (Phi) is 6.45. The molecule has 146 valence electrons. The highest BCUT2D eigenvalue weighted by molar-refractivity contribution is 7.89. The average molecular weight is 402 g/mol. The molecule has 2 aromatic rings. The first-order valence-electron chi connectivity index (χ1n) is 7.68. The van der Waals surface area contributed by atoms with Gasteiger partial charge in [-0.2, -0.15) is 13.2 Å². The van der Waals surface area contributed by atoms with E-state index in [1.54, 1.807) is 29.6 Å². The van der Waals surface area contributed by atoms with Gasteiger partial charge < -0.3 is 10.1 Å². The van der Waals surface area contributed by atoms with E-state index < -0.39 is 28.7 Å². The molecule has 2 N–H and O–H groups in total. The van der Waals surface area contributed by atoms with Crippen LogP contribution in [-0.4, -0.2) is 34.2 Å². The zero-order valence-electron chi connectivity index (χ0n) is 14.2. The number of sulfonamides is 1. The highest BCUT2D eigenvalue weighted by atomic mass is 32.2. The average Bonchev–Trinajstić information content (AvgIpc) is 2.64. The highest BCUT2D eigenvalue weighted by Gasteiger charge is 2.28. The number of hydrogen-bond acceptors (Lipinski definition) is 4. The highest BCUT2D eigenvalue weighted by Crippen LogP contribution is 2.15. The van der Waals surface area contributed by atoms with Gasteiger partial charge in [-0.1, -0.05) is 12.1 Å². The number of halogens is 3. The Morgan fingerprint density at radius 3 is 2.15 bits per heavy atom. The SMILES string of the molecule is COc1ccc(CNS(=O)(=O)c2ccc(C(=O)NCC(F)(F)F)cc2)cc1. The van der Waals surface area contributed by atoms with Gasteiger partial charge >= 0.3 is 6.18 Å². The smallest absolute Gasteiger partial charge is 0.405 e. The minimum Gasteiger partial charge on any atom is -0.497 e. The molecule has 27 heavy (non-hydrogen) atoms. The summed E-state index contributed by atoms with van der Waals surface area (Å²) in [5.41, 5.74) is 0.635. The van der Waals surface area contributed by atoms with Crippen LogP contribution in [0.5, 0.6) is 5.75 Å². The monoisotopic (exact) mass is 402 g/mol. The molecule has 0 fully saturated rings. The lowest BCUT2D eigenvalue weighted by Crippen LogP contribution is -2.33. The van der Waals surface area contributed by atoms with Crippen LogP contribution in [0.4, 0.5) is 13.2 Å². The van der Waals surface area contributed by atoms with E-state index in [-0.39, 0.29) is 17.0 Å². The predicted octanol–water partition coefficient (Wildman–Crippen LogP) is 2.47. The first kappa shape index (κ1) is 20.7. The lowest BCUT2D eigenvalue weighted by Gasteiger charge is -2.10. The fraction of sp³-hybridized carbons (Fsp3) is 0.235. The van der Waals surface area contributed by atoms with Crippen molar-refractivity contribution in [1.29, 1.82) is 0 Å². The van der Waals surface area contributed by atoms with Crippen LogP contribution < -0.4 is 14.8 Å². The summed E-state index contributed by atoms with van der Waals surface area (Å²) in [5, 5.41) is 1.71. The summed E-state index contributed by atoms with van der Waals surface area (Å²) in [6, 6.07) is 11.4. The summed E-state index contributed by atoms with van der Waals surface area (Å²) in [4.78, 5) is 11.5. The lowest BCUT2D eigenvalue weighted by atomic mass is 10.2. The molecular weight excluding hydrogens is 385 g/mol. The van der Waals surface area contributed by atoms with Crippen LogP contribution in [0.2, 0.25) is 0 Å². The topological polar surface area (TPSA) is 84.5 Å². The van der Waals surface area contributed by atoms with E-state index in [2.05, 4.69) is 4.72 Å².